The molecule has 1 aromatic rings. The topological polar surface area (TPSA) is 58.6 Å². The highest BCUT2D eigenvalue weighted by Gasteiger charge is 1.93. The van der Waals surface area contributed by atoms with E-state index < -0.39 is 5.69 Å². The van der Waals surface area contributed by atoms with Crippen LogP contribution >= 0.6 is 0 Å². The van der Waals surface area contributed by atoms with E-state index in [1.54, 1.807) is 6.92 Å². The lowest BCUT2D eigenvalue weighted by molar-refractivity contribution is 0.832. The molecule has 54 valence electrons. The van der Waals surface area contributed by atoms with Gasteiger partial charge in [-0.2, -0.15) is 9.97 Å². The van der Waals surface area contributed by atoms with Crippen molar-refractivity contribution < 1.29 is 0 Å². The van der Waals surface area contributed by atoms with Crippen LogP contribution < -0.4 is 5.69 Å². The van der Waals surface area contributed by atoms with Gasteiger partial charge in [0.05, 0.1) is 0 Å². The Morgan fingerprint density at radius 1 is 1.50 bits per heavy atom. The minimum atomic E-state index is -0.409. The Balaban J connectivity index is 3.19. The number of nitrogens with zero attached hydrogens (tertiary/aromatic N) is 2. The molecule has 0 aliphatic heterocycles. The summed E-state index contributed by atoms with van der Waals surface area (Å²) < 4.78 is 0. The van der Waals surface area contributed by atoms with Crippen LogP contribution in [0.2, 0.25) is 0 Å². The molecule has 1 heterocycles. The number of rotatable bonds is 1. The molecule has 0 aromatic carbocycles. The molecule has 4 heteroatoms. The quantitative estimate of drug-likeness (QED) is 0.597. The van der Waals surface area contributed by atoms with Crippen molar-refractivity contribution in [2.24, 2.45) is 0 Å². The standard InChI is InChI=1S/C6H9N3O/c1-3-5-7-4(2)8-6(10)9-5/h3H2,1-2H3,(H,7,8,9,10). The van der Waals surface area contributed by atoms with Crippen molar-refractivity contribution >= 4 is 0 Å². The van der Waals surface area contributed by atoms with Crippen molar-refractivity contribution in [1.82, 2.24) is 15.0 Å². The summed E-state index contributed by atoms with van der Waals surface area (Å²) in [5, 5.41) is 0. The van der Waals surface area contributed by atoms with E-state index in [-0.39, 0.29) is 0 Å². The van der Waals surface area contributed by atoms with Gasteiger partial charge in [0.25, 0.3) is 0 Å². The molecule has 0 aliphatic rings. The van der Waals surface area contributed by atoms with E-state index in [0.717, 1.165) is 6.42 Å². The van der Waals surface area contributed by atoms with Gasteiger partial charge in [0.1, 0.15) is 11.6 Å². The average Bonchev–Trinajstić information content (AvgIpc) is 1.85. The summed E-state index contributed by atoms with van der Waals surface area (Å²) in [4.78, 5) is 20.7. The maximum absolute atomic E-state index is 10.6. The van der Waals surface area contributed by atoms with Crippen LogP contribution in [0.5, 0.6) is 0 Å². The van der Waals surface area contributed by atoms with Crippen molar-refractivity contribution in [3.63, 3.8) is 0 Å². The Morgan fingerprint density at radius 3 is 2.70 bits per heavy atom. The molecule has 0 atom stereocenters. The predicted octanol–water partition coefficient (Wildman–Crippen LogP) is 0.0357. The minimum Gasteiger partial charge on any atom is -0.332 e. The third kappa shape index (κ3) is 1.40. The van der Waals surface area contributed by atoms with Gasteiger partial charge in [-0.25, -0.2) is 4.79 Å². The molecule has 0 aliphatic carbocycles. The van der Waals surface area contributed by atoms with Gasteiger partial charge in [-0.15, -0.1) is 0 Å². The third-order valence-corrected chi connectivity index (χ3v) is 1.15. The van der Waals surface area contributed by atoms with E-state index >= 15 is 0 Å². The molecule has 0 amide bonds. The largest absolute Gasteiger partial charge is 0.370 e. The van der Waals surface area contributed by atoms with Crippen LogP contribution in [0.25, 0.3) is 0 Å². The van der Waals surface area contributed by atoms with Crippen LogP contribution in [0, 0.1) is 6.92 Å². The monoisotopic (exact) mass is 139 g/mol. The van der Waals surface area contributed by atoms with Gasteiger partial charge < -0.3 is 4.98 Å². The summed E-state index contributed by atoms with van der Waals surface area (Å²) in [5.41, 5.74) is -0.409. The SMILES string of the molecule is CCc1nc(=O)nc(C)[nH]1. The molecule has 1 aromatic heterocycles. The first-order chi connectivity index (χ1) is 4.72. The van der Waals surface area contributed by atoms with Gasteiger partial charge in [0.2, 0.25) is 0 Å². The fourth-order valence-corrected chi connectivity index (χ4v) is 0.716. The number of aromatic nitrogens is 3. The highest BCUT2D eigenvalue weighted by molar-refractivity contribution is 4.87. The zero-order valence-corrected chi connectivity index (χ0v) is 6.01. The number of hydrogen-bond acceptors (Lipinski definition) is 3. The first-order valence-electron chi connectivity index (χ1n) is 3.16. The fraction of sp³-hybridized carbons (Fsp3) is 0.500. The molecule has 0 radical (unpaired) electrons. The summed E-state index contributed by atoms with van der Waals surface area (Å²) >= 11 is 0. The lowest BCUT2D eigenvalue weighted by Crippen LogP contribution is -2.15. The van der Waals surface area contributed by atoms with Gasteiger partial charge >= 0.3 is 5.69 Å². The number of aryl methyl sites for hydroxylation is 2. The molecular formula is C6H9N3O. The summed E-state index contributed by atoms with van der Waals surface area (Å²) in [6.45, 7) is 3.67. The molecular weight excluding hydrogens is 130 g/mol. The van der Waals surface area contributed by atoms with Crippen LogP contribution in [0.3, 0.4) is 0 Å². The predicted molar refractivity (Wildman–Crippen MR) is 36.8 cm³/mol. The maximum atomic E-state index is 10.6. The van der Waals surface area contributed by atoms with E-state index in [1.807, 2.05) is 6.92 Å². The van der Waals surface area contributed by atoms with Crippen molar-refractivity contribution in [1.29, 1.82) is 0 Å². The number of hydrogen-bond donors (Lipinski definition) is 1. The molecule has 0 fully saturated rings. The van der Waals surface area contributed by atoms with E-state index in [1.165, 1.54) is 0 Å². The van der Waals surface area contributed by atoms with Crippen LogP contribution in [-0.2, 0) is 6.42 Å². The van der Waals surface area contributed by atoms with Crippen LogP contribution in [-0.4, -0.2) is 15.0 Å². The zero-order valence-electron chi connectivity index (χ0n) is 6.01. The van der Waals surface area contributed by atoms with Crippen molar-refractivity contribution in [3.8, 4) is 0 Å². The van der Waals surface area contributed by atoms with Crippen molar-refractivity contribution in [2.45, 2.75) is 20.3 Å². The summed E-state index contributed by atoms with van der Waals surface area (Å²) in [6.07, 6.45) is 0.735. The Labute approximate surface area is 58.3 Å². The Hall–Kier alpha value is -1.19. The van der Waals surface area contributed by atoms with Crippen LogP contribution in [0.1, 0.15) is 18.6 Å². The highest BCUT2D eigenvalue weighted by atomic mass is 16.1. The normalized spacial score (nSPS) is 9.80. The Morgan fingerprint density at radius 2 is 2.20 bits per heavy atom. The van der Waals surface area contributed by atoms with Crippen LogP contribution in [0.15, 0.2) is 4.79 Å². The number of nitrogens with one attached hydrogen (secondary N) is 1. The van der Waals surface area contributed by atoms with E-state index in [4.69, 9.17) is 0 Å². The van der Waals surface area contributed by atoms with E-state index in [0.29, 0.717) is 11.6 Å². The van der Waals surface area contributed by atoms with E-state index in [2.05, 4.69) is 15.0 Å². The van der Waals surface area contributed by atoms with Gasteiger partial charge in [0.15, 0.2) is 0 Å². The zero-order chi connectivity index (χ0) is 7.56. The highest BCUT2D eigenvalue weighted by Crippen LogP contribution is 1.85. The fourth-order valence-electron chi connectivity index (χ4n) is 0.716. The smallest absolute Gasteiger partial charge is 0.332 e. The summed E-state index contributed by atoms with van der Waals surface area (Å²) in [6, 6.07) is 0. The second kappa shape index (κ2) is 2.60. The molecule has 1 rings (SSSR count). The first-order valence-corrected chi connectivity index (χ1v) is 3.16. The summed E-state index contributed by atoms with van der Waals surface area (Å²) in [5.74, 6) is 1.31. The summed E-state index contributed by atoms with van der Waals surface area (Å²) in [7, 11) is 0. The number of aromatic amines is 1. The van der Waals surface area contributed by atoms with Crippen LogP contribution in [0.4, 0.5) is 0 Å². The molecule has 0 saturated heterocycles. The molecule has 1 N–H and O–H groups in total. The minimum absolute atomic E-state index is 0.409. The average molecular weight is 139 g/mol. The maximum Gasteiger partial charge on any atom is 0.370 e. The lowest BCUT2D eigenvalue weighted by atomic mass is 10.4. The molecule has 0 bridgehead atoms. The molecule has 0 saturated carbocycles. The van der Waals surface area contributed by atoms with Gasteiger partial charge in [-0.3, -0.25) is 0 Å². The Bertz CT molecular complexity index is 279. The van der Waals surface area contributed by atoms with Gasteiger partial charge in [-0.1, -0.05) is 6.92 Å². The van der Waals surface area contributed by atoms with E-state index in [9.17, 15) is 4.79 Å². The molecule has 4 nitrogen and oxygen atoms in total. The van der Waals surface area contributed by atoms with Crippen molar-refractivity contribution in [3.05, 3.63) is 22.1 Å². The van der Waals surface area contributed by atoms with Crippen molar-refractivity contribution in [2.75, 3.05) is 0 Å². The number of H-pyrrole nitrogens is 1. The molecule has 0 spiro atoms. The Kier molecular flexibility index (Phi) is 1.80. The first kappa shape index (κ1) is 6.92. The molecule has 10 heavy (non-hydrogen) atoms. The van der Waals surface area contributed by atoms with Gasteiger partial charge in [0, 0.05) is 6.42 Å². The third-order valence-electron chi connectivity index (χ3n) is 1.15. The second-order valence-corrected chi connectivity index (χ2v) is 2.02. The van der Waals surface area contributed by atoms with Gasteiger partial charge in [-0.05, 0) is 6.92 Å². The second-order valence-electron chi connectivity index (χ2n) is 2.02. The lowest BCUT2D eigenvalue weighted by Gasteiger charge is -1.94. The molecule has 0 unspecified atom stereocenters.